The molecule has 2 rings (SSSR count). The number of nitrogens with one attached hydrogen (secondary N) is 1. The van der Waals surface area contributed by atoms with Crippen LogP contribution in [0.25, 0.3) is 11.1 Å². The third-order valence-corrected chi connectivity index (χ3v) is 4.70. The summed E-state index contributed by atoms with van der Waals surface area (Å²) in [5.74, 6) is 0. The molecule has 21 heavy (non-hydrogen) atoms. The fourth-order valence-electron chi connectivity index (χ4n) is 2.47. The lowest BCUT2D eigenvalue weighted by Crippen LogP contribution is -2.15. The molecule has 112 valence electrons. The number of hydrogen-bond acceptors (Lipinski definition) is 1. The zero-order chi connectivity index (χ0) is 15.5. The van der Waals surface area contributed by atoms with E-state index in [-0.39, 0.29) is 5.41 Å². The molecule has 1 unspecified atom stereocenters. The molecule has 0 aromatic heterocycles. The first-order valence-electron chi connectivity index (χ1n) is 7.86. The predicted octanol–water partition coefficient (Wildman–Crippen LogP) is 5.32. The molecular weight excluding hydrogens is 254 g/mol. The van der Waals surface area contributed by atoms with Crippen LogP contribution in [0.2, 0.25) is 0 Å². The smallest absolute Gasteiger partial charge is 0.0289 e. The van der Waals surface area contributed by atoms with E-state index in [9.17, 15) is 0 Å². The normalized spacial score (nSPS) is 13.2. The maximum absolute atomic E-state index is 3.30. The number of benzene rings is 2. The third kappa shape index (κ3) is 3.54. The average molecular weight is 281 g/mol. The fourth-order valence-corrected chi connectivity index (χ4v) is 2.47. The van der Waals surface area contributed by atoms with E-state index in [4.69, 9.17) is 0 Å². The number of rotatable bonds is 5. The van der Waals surface area contributed by atoms with Gasteiger partial charge in [0.1, 0.15) is 0 Å². The highest BCUT2D eigenvalue weighted by atomic mass is 14.8. The SMILES string of the molecule is CCC(C)(C)c1ccc(-c2cccc(C(C)NC)c2)cc1. The summed E-state index contributed by atoms with van der Waals surface area (Å²) in [5, 5.41) is 3.30. The van der Waals surface area contributed by atoms with Crippen LogP contribution in [0.4, 0.5) is 0 Å². The molecule has 2 aromatic rings. The Balaban J connectivity index is 2.31. The molecule has 0 aliphatic heterocycles. The molecule has 0 radical (unpaired) electrons. The molecule has 0 aliphatic rings. The first-order chi connectivity index (χ1) is 9.97. The van der Waals surface area contributed by atoms with E-state index in [2.05, 4.69) is 81.5 Å². The highest BCUT2D eigenvalue weighted by molar-refractivity contribution is 5.64. The lowest BCUT2D eigenvalue weighted by atomic mass is 9.82. The average Bonchev–Trinajstić information content (AvgIpc) is 2.54. The van der Waals surface area contributed by atoms with E-state index in [1.54, 1.807) is 0 Å². The van der Waals surface area contributed by atoms with Crippen molar-refractivity contribution in [1.82, 2.24) is 5.32 Å². The van der Waals surface area contributed by atoms with E-state index < -0.39 is 0 Å². The van der Waals surface area contributed by atoms with Gasteiger partial charge < -0.3 is 5.32 Å². The topological polar surface area (TPSA) is 12.0 Å². The Hall–Kier alpha value is -1.60. The van der Waals surface area contributed by atoms with Crippen LogP contribution in [-0.4, -0.2) is 7.05 Å². The van der Waals surface area contributed by atoms with E-state index in [1.165, 1.54) is 22.3 Å². The van der Waals surface area contributed by atoms with Crippen molar-refractivity contribution in [3.63, 3.8) is 0 Å². The van der Waals surface area contributed by atoms with Crippen LogP contribution >= 0.6 is 0 Å². The second kappa shape index (κ2) is 6.44. The van der Waals surface area contributed by atoms with Crippen molar-refractivity contribution in [2.75, 3.05) is 7.05 Å². The molecule has 1 nitrogen and oxygen atoms in total. The minimum atomic E-state index is 0.251. The van der Waals surface area contributed by atoms with E-state index in [1.807, 2.05) is 7.05 Å². The van der Waals surface area contributed by atoms with Crippen LogP contribution in [0, 0.1) is 0 Å². The Kier molecular flexibility index (Phi) is 4.84. The molecular formula is C20H27N. The summed E-state index contributed by atoms with van der Waals surface area (Å²) in [6, 6.07) is 18.2. The fraction of sp³-hybridized carbons (Fsp3) is 0.400. The van der Waals surface area contributed by atoms with Crippen LogP contribution in [0.1, 0.15) is 51.3 Å². The molecule has 2 aromatic carbocycles. The second-order valence-electron chi connectivity index (χ2n) is 6.45. The quantitative estimate of drug-likeness (QED) is 0.782. The van der Waals surface area contributed by atoms with E-state index in [0.717, 1.165) is 6.42 Å². The van der Waals surface area contributed by atoms with E-state index in [0.29, 0.717) is 6.04 Å². The van der Waals surface area contributed by atoms with Gasteiger partial charge in [-0.1, -0.05) is 63.2 Å². The van der Waals surface area contributed by atoms with Crippen LogP contribution in [-0.2, 0) is 5.41 Å². The van der Waals surface area contributed by atoms with Gasteiger partial charge in [-0.15, -0.1) is 0 Å². The third-order valence-electron chi connectivity index (χ3n) is 4.70. The van der Waals surface area contributed by atoms with Crippen molar-refractivity contribution in [2.24, 2.45) is 0 Å². The van der Waals surface area contributed by atoms with Gasteiger partial charge in [-0.2, -0.15) is 0 Å². The zero-order valence-electron chi connectivity index (χ0n) is 13.9. The van der Waals surface area contributed by atoms with Crippen molar-refractivity contribution in [1.29, 1.82) is 0 Å². The lowest BCUT2D eigenvalue weighted by molar-refractivity contribution is 0.506. The molecule has 0 bridgehead atoms. The van der Waals surface area contributed by atoms with Gasteiger partial charge >= 0.3 is 0 Å². The van der Waals surface area contributed by atoms with Gasteiger partial charge in [0, 0.05) is 6.04 Å². The maximum atomic E-state index is 3.30. The van der Waals surface area contributed by atoms with Gasteiger partial charge in [0.25, 0.3) is 0 Å². The standard InChI is InChI=1S/C20H27N/c1-6-20(3,4)19-12-10-16(11-13-19)18-9-7-8-17(14-18)15(2)21-5/h7-15,21H,6H2,1-5H3. The van der Waals surface area contributed by atoms with Gasteiger partial charge in [-0.05, 0) is 54.1 Å². The first-order valence-corrected chi connectivity index (χ1v) is 7.86. The monoisotopic (exact) mass is 281 g/mol. The Morgan fingerprint density at radius 3 is 2.24 bits per heavy atom. The summed E-state index contributed by atoms with van der Waals surface area (Å²) in [4.78, 5) is 0. The second-order valence-corrected chi connectivity index (χ2v) is 6.45. The lowest BCUT2D eigenvalue weighted by Gasteiger charge is -2.23. The summed E-state index contributed by atoms with van der Waals surface area (Å²) < 4.78 is 0. The summed E-state index contributed by atoms with van der Waals surface area (Å²) in [6.07, 6.45) is 1.15. The summed E-state index contributed by atoms with van der Waals surface area (Å²) >= 11 is 0. The molecule has 0 fully saturated rings. The molecule has 1 heteroatoms. The first kappa shape index (κ1) is 15.8. The van der Waals surface area contributed by atoms with Crippen molar-refractivity contribution in [3.8, 4) is 11.1 Å². The molecule has 1 N–H and O–H groups in total. The Morgan fingerprint density at radius 2 is 1.67 bits per heavy atom. The minimum Gasteiger partial charge on any atom is -0.313 e. The van der Waals surface area contributed by atoms with Crippen LogP contribution < -0.4 is 5.32 Å². The molecule has 0 saturated carbocycles. The molecule has 0 aliphatic carbocycles. The number of hydrogen-bond donors (Lipinski definition) is 1. The van der Waals surface area contributed by atoms with Crippen molar-refractivity contribution in [3.05, 3.63) is 59.7 Å². The minimum absolute atomic E-state index is 0.251. The Labute approximate surface area is 129 Å². The van der Waals surface area contributed by atoms with Crippen molar-refractivity contribution >= 4 is 0 Å². The van der Waals surface area contributed by atoms with Crippen LogP contribution in [0.3, 0.4) is 0 Å². The van der Waals surface area contributed by atoms with E-state index >= 15 is 0 Å². The summed E-state index contributed by atoms with van der Waals surface area (Å²) in [7, 11) is 2.00. The highest BCUT2D eigenvalue weighted by Crippen LogP contribution is 2.29. The molecule has 0 saturated heterocycles. The summed E-state index contributed by atoms with van der Waals surface area (Å²) in [5.41, 5.74) is 5.56. The van der Waals surface area contributed by atoms with Crippen LogP contribution in [0.5, 0.6) is 0 Å². The molecule has 0 heterocycles. The van der Waals surface area contributed by atoms with Gasteiger partial charge in [0.15, 0.2) is 0 Å². The van der Waals surface area contributed by atoms with Gasteiger partial charge in [-0.3, -0.25) is 0 Å². The maximum Gasteiger partial charge on any atom is 0.0289 e. The Bertz CT molecular complexity index is 581. The predicted molar refractivity (Wildman–Crippen MR) is 92.7 cm³/mol. The van der Waals surface area contributed by atoms with Crippen molar-refractivity contribution < 1.29 is 0 Å². The van der Waals surface area contributed by atoms with Gasteiger partial charge in [0.2, 0.25) is 0 Å². The Morgan fingerprint density at radius 1 is 1.00 bits per heavy atom. The van der Waals surface area contributed by atoms with Crippen LogP contribution in [0.15, 0.2) is 48.5 Å². The molecule has 0 amide bonds. The highest BCUT2D eigenvalue weighted by Gasteiger charge is 2.17. The molecule has 1 atom stereocenters. The van der Waals surface area contributed by atoms with Gasteiger partial charge in [-0.25, -0.2) is 0 Å². The summed E-state index contributed by atoms with van der Waals surface area (Å²) in [6.45, 7) is 9.04. The largest absolute Gasteiger partial charge is 0.313 e. The molecule has 0 spiro atoms. The zero-order valence-corrected chi connectivity index (χ0v) is 13.9. The van der Waals surface area contributed by atoms with Gasteiger partial charge in [0.05, 0.1) is 0 Å². The van der Waals surface area contributed by atoms with Crippen molar-refractivity contribution in [2.45, 2.75) is 45.6 Å².